The maximum atomic E-state index is 14.3. The molecule has 0 radical (unpaired) electrons. The fourth-order valence-electron chi connectivity index (χ4n) is 3.17. The van der Waals surface area contributed by atoms with Gasteiger partial charge in [-0.25, -0.2) is 22.5 Å². The lowest BCUT2D eigenvalue weighted by molar-refractivity contribution is 0.0939. The van der Waals surface area contributed by atoms with Crippen molar-refractivity contribution in [2.75, 3.05) is 13.1 Å². The minimum absolute atomic E-state index is 0.0678. The van der Waals surface area contributed by atoms with E-state index in [2.05, 4.69) is 15.4 Å². The number of amides is 1. The second-order valence-corrected chi connectivity index (χ2v) is 8.77. The second kappa shape index (κ2) is 9.36. The average molecular weight is 446 g/mol. The molecule has 2 aromatic carbocycles. The fraction of sp³-hybridized carbons (Fsp3) is 0.286. The van der Waals surface area contributed by atoms with Crippen LogP contribution in [0.2, 0.25) is 0 Å². The molecule has 10 heteroatoms. The molecule has 0 saturated heterocycles. The Morgan fingerprint density at radius 1 is 1.16 bits per heavy atom. The lowest BCUT2D eigenvalue weighted by Gasteiger charge is -2.19. The van der Waals surface area contributed by atoms with Crippen LogP contribution in [0.15, 0.2) is 60.0 Å². The number of carbonyl (C=O) groups excluding carboxylic acids is 1. The molecule has 31 heavy (non-hydrogen) atoms. The summed E-state index contributed by atoms with van der Waals surface area (Å²) in [5, 5.41) is 6.88. The Bertz CT molecular complexity index is 1140. The third-order valence-corrected chi connectivity index (χ3v) is 7.01. The molecular weight excluding hydrogens is 421 g/mol. The molecule has 1 aromatic heterocycles. The Morgan fingerprint density at radius 2 is 1.84 bits per heavy atom. The van der Waals surface area contributed by atoms with Crippen molar-refractivity contribution in [3.8, 4) is 5.69 Å². The Labute approximate surface area is 180 Å². The number of halogens is 1. The minimum atomic E-state index is -4.03. The average Bonchev–Trinajstić information content (AvgIpc) is 3.29. The highest BCUT2D eigenvalue weighted by Crippen LogP contribution is 2.22. The molecule has 0 aliphatic rings. The van der Waals surface area contributed by atoms with Crippen LogP contribution in [0.3, 0.4) is 0 Å². The molecule has 8 nitrogen and oxygen atoms in total. The number of benzene rings is 2. The number of aromatic nitrogens is 3. The fourth-order valence-corrected chi connectivity index (χ4v) is 4.71. The maximum absolute atomic E-state index is 14.3. The summed E-state index contributed by atoms with van der Waals surface area (Å²) in [4.78, 5) is 16.1. The molecule has 0 aliphatic carbocycles. The molecule has 1 amide bonds. The minimum Gasteiger partial charge on any atom is -0.346 e. The van der Waals surface area contributed by atoms with Crippen molar-refractivity contribution in [2.24, 2.45) is 0 Å². The van der Waals surface area contributed by atoms with E-state index < -0.39 is 26.6 Å². The predicted molar refractivity (Wildman–Crippen MR) is 114 cm³/mol. The molecule has 1 N–H and O–H groups in total. The van der Waals surface area contributed by atoms with Crippen molar-refractivity contribution in [1.29, 1.82) is 0 Å². The molecule has 3 rings (SSSR count). The highest BCUT2D eigenvalue weighted by Gasteiger charge is 2.26. The van der Waals surface area contributed by atoms with E-state index in [9.17, 15) is 17.6 Å². The summed E-state index contributed by atoms with van der Waals surface area (Å²) in [5.41, 5.74) is 1.73. The van der Waals surface area contributed by atoms with Gasteiger partial charge in [0.25, 0.3) is 5.91 Å². The standard InChI is InChI=1S/C21H24FN5O3S/c1-4-26(5-2)31(29,30)20-12-17(8-11-19(20)22)21(28)25-15(3)16-6-9-18(10-7-16)27-14-23-13-24-27/h6-15H,4-5H2,1-3H3,(H,25,28). The van der Waals surface area contributed by atoms with Crippen LogP contribution < -0.4 is 5.32 Å². The SMILES string of the molecule is CCN(CC)S(=O)(=O)c1cc(C(=O)NC(C)c2ccc(-n3cncn3)cc2)ccc1F. The van der Waals surface area contributed by atoms with Gasteiger partial charge < -0.3 is 5.32 Å². The maximum Gasteiger partial charge on any atom is 0.251 e. The van der Waals surface area contributed by atoms with Crippen molar-refractivity contribution in [1.82, 2.24) is 24.4 Å². The molecule has 0 bridgehead atoms. The van der Waals surface area contributed by atoms with E-state index in [0.717, 1.165) is 27.7 Å². The van der Waals surface area contributed by atoms with Crippen LogP contribution in [0.5, 0.6) is 0 Å². The smallest absolute Gasteiger partial charge is 0.251 e. The summed E-state index contributed by atoms with van der Waals surface area (Å²) in [5.74, 6) is -1.39. The summed E-state index contributed by atoms with van der Waals surface area (Å²) in [7, 11) is -4.03. The van der Waals surface area contributed by atoms with Crippen molar-refractivity contribution < 1.29 is 17.6 Å². The lowest BCUT2D eigenvalue weighted by atomic mass is 10.1. The number of hydrogen-bond acceptors (Lipinski definition) is 5. The molecule has 1 unspecified atom stereocenters. The van der Waals surface area contributed by atoms with E-state index in [1.807, 2.05) is 24.3 Å². The Morgan fingerprint density at radius 3 is 2.42 bits per heavy atom. The normalized spacial score (nSPS) is 12.7. The molecule has 164 valence electrons. The number of sulfonamides is 1. The van der Waals surface area contributed by atoms with Gasteiger partial charge >= 0.3 is 0 Å². The van der Waals surface area contributed by atoms with Crippen LogP contribution in [-0.4, -0.2) is 46.5 Å². The lowest BCUT2D eigenvalue weighted by Crippen LogP contribution is -2.32. The van der Waals surface area contributed by atoms with Gasteiger partial charge in [-0.1, -0.05) is 26.0 Å². The highest BCUT2D eigenvalue weighted by atomic mass is 32.2. The molecule has 0 aliphatic heterocycles. The predicted octanol–water partition coefficient (Wildman–Crippen LogP) is 2.93. The van der Waals surface area contributed by atoms with Gasteiger partial charge in [0.15, 0.2) is 0 Å². The van der Waals surface area contributed by atoms with E-state index in [1.165, 1.54) is 12.4 Å². The Hall–Kier alpha value is -3.11. The first-order valence-electron chi connectivity index (χ1n) is 9.83. The summed E-state index contributed by atoms with van der Waals surface area (Å²) in [6.45, 7) is 5.56. The Kier molecular flexibility index (Phi) is 6.81. The summed E-state index contributed by atoms with van der Waals surface area (Å²) in [6, 6.07) is 10.4. The molecule has 3 aromatic rings. The van der Waals surface area contributed by atoms with E-state index in [0.29, 0.717) is 0 Å². The second-order valence-electron chi connectivity index (χ2n) is 6.86. The zero-order valence-corrected chi connectivity index (χ0v) is 18.3. The molecule has 0 spiro atoms. The number of nitrogens with zero attached hydrogens (tertiary/aromatic N) is 4. The first-order chi connectivity index (χ1) is 14.8. The quantitative estimate of drug-likeness (QED) is 0.575. The van der Waals surface area contributed by atoms with Gasteiger partial charge in [0, 0.05) is 18.7 Å². The number of hydrogen-bond donors (Lipinski definition) is 1. The van der Waals surface area contributed by atoms with E-state index in [4.69, 9.17) is 0 Å². The van der Waals surface area contributed by atoms with Crippen LogP contribution in [0.25, 0.3) is 5.69 Å². The van der Waals surface area contributed by atoms with E-state index in [-0.39, 0.29) is 24.7 Å². The number of carbonyl (C=O) groups is 1. The van der Waals surface area contributed by atoms with Gasteiger partial charge in [-0.15, -0.1) is 0 Å². The summed E-state index contributed by atoms with van der Waals surface area (Å²) >= 11 is 0. The third-order valence-electron chi connectivity index (χ3n) is 4.94. The van der Waals surface area contributed by atoms with E-state index >= 15 is 0 Å². The van der Waals surface area contributed by atoms with Crippen molar-refractivity contribution in [3.05, 3.63) is 72.1 Å². The zero-order valence-electron chi connectivity index (χ0n) is 17.5. The molecule has 0 saturated carbocycles. The summed E-state index contributed by atoms with van der Waals surface area (Å²) in [6.07, 6.45) is 3.02. The van der Waals surface area contributed by atoms with Crippen molar-refractivity contribution in [2.45, 2.75) is 31.7 Å². The van der Waals surface area contributed by atoms with Crippen molar-refractivity contribution in [3.63, 3.8) is 0 Å². The molecule has 0 fully saturated rings. The Balaban J connectivity index is 1.79. The van der Waals surface area contributed by atoms with Crippen LogP contribution in [-0.2, 0) is 10.0 Å². The number of rotatable bonds is 8. The highest BCUT2D eigenvalue weighted by molar-refractivity contribution is 7.89. The molecule has 1 heterocycles. The first kappa shape index (κ1) is 22.6. The monoisotopic (exact) mass is 445 g/mol. The van der Waals surface area contributed by atoms with Gasteiger partial charge in [-0.05, 0) is 42.8 Å². The zero-order chi connectivity index (χ0) is 22.6. The first-order valence-corrected chi connectivity index (χ1v) is 11.3. The van der Waals surface area contributed by atoms with Gasteiger partial charge in [-0.3, -0.25) is 4.79 Å². The van der Waals surface area contributed by atoms with Gasteiger partial charge in [-0.2, -0.15) is 9.40 Å². The van der Waals surface area contributed by atoms with Gasteiger partial charge in [0.1, 0.15) is 23.4 Å². The third kappa shape index (κ3) is 4.80. The van der Waals surface area contributed by atoms with Gasteiger partial charge in [0.2, 0.25) is 10.0 Å². The van der Waals surface area contributed by atoms with Crippen LogP contribution in [0, 0.1) is 5.82 Å². The topological polar surface area (TPSA) is 97.2 Å². The van der Waals surface area contributed by atoms with Crippen molar-refractivity contribution >= 4 is 15.9 Å². The number of nitrogens with one attached hydrogen (secondary N) is 1. The van der Waals surface area contributed by atoms with Crippen LogP contribution in [0.1, 0.15) is 42.7 Å². The van der Waals surface area contributed by atoms with Crippen LogP contribution >= 0.6 is 0 Å². The van der Waals surface area contributed by atoms with Gasteiger partial charge in [0.05, 0.1) is 11.7 Å². The van der Waals surface area contributed by atoms with Crippen LogP contribution in [0.4, 0.5) is 4.39 Å². The largest absolute Gasteiger partial charge is 0.346 e. The van der Waals surface area contributed by atoms with E-state index in [1.54, 1.807) is 31.8 Å². The molecule has 1 atom stereocenters. The summed E-state index contributed by atoms with van der Waals surface area (Å²) < 4.78 is 42.5. The molecular formula is C21H24FN5O3S.